The number of methoxy groups -OCH3 is 1. The zero-order valence-corrected chi connectivity index (χ0v) is 12.3. The van der Waals surface area contributed by atoms with Crippen LogP contribution in [0, 0.1) is 0 Å². The number of carbonyl (C=O) groups excluding carboxylic acids is 1. The molecule has 1 aliphatic heterocycles. The van der Waals surface area contributed by atoms with Gasteiger partial charge in [0, 0.05) is 15.9 Å². The Hall–Kier alpha value is -1.66. The summed E-state index contributed by atoms with van der Waals surface area (Å²) < 4.78 is 16.6. The second-order valence-corrected chi connectivity index (χ2v) is 5.35. The van der Waals surface area contributed by atoms with Crippen molar-refractivity contribution in [3.8, 4) is 5.75 Å². The number of pyridine rings is 1. The van der Waals surface area contributed by atoms with E-state index >= 15 is 0 Å². The van der Waals surface area contributed by atoms with E-state index in [9.17, 15) is 4.79 Å². The first-order valence-electron chi connectivity index (χ1n) is 6.10. The molecule has 0 bridgehead atoms. The summed E-state index contributed by atoms with van der Waals surface area (Å²) in [5, 5.41) is 0.846. The Labute approximate surface area is 124 Å². The Morgan fingerprint density at radius 1 is 1.40 bits per heavy atom. The van der Waals surface area contributed by atoms with Crippen LogP contribution in [0.1, 0.15) is 10.5 Å². The lowest BCUT2D eigenvalue weighted by Gasteiger charge is -2.27. The molecule has 0 unspecified atom stereocenters. The van der Waals surface area contributed by atoms with Gasteiger partial charge >= 0.3 is 5.97 Å². The summed E-state index contributed by atoms with van der Waals surface area (Å²) in [6.07, 6.45) is 0.0186. The lowest BCUT2D eigenvalue weighted by molar-refractivity contribution is -0.0791. The number of benzene rings is 1. The van der Waals surface area contributed by atoms with Gasteiger partial charge in [-0.25, -0.2) is 9.78 Å². The smallest absolute Gasteiger partial charge is 0.356 e. The average Bonchev–Trinajstić information content (AvgIpc) is 2.41. The van der Waals surface area contributed by atoms with Gasteiger partial charge in [-0.2, -0.15) is 0 Å². The van der Waals surface area contributed by atoms with Crippen molar-refractivity contribution in [3.05, 3.63) is 34.4 Å². The number of nitrogens with zero attached hydrogens (tertiary/aromatic N) is 1. The fourth-order valence-corrected chi connectivity index (χ4v) is 2.30. The quantitative estimate of drug-likeness (QED) is 0.805. The number of hydrogen-bond acceptors (Lipinski definition) is 5. The molecule has 1 saturated heterocycles. The van der Waals surface area contributed by atoms with Crippen molar-refractivity contribution < 1.29 is 19.0 Å². The maximum Gasteiger partial charge on any atom is 0.356 e. The van der Waals surface area contributed by atoms with Crippen LogP contribution in [0.5, 0.6) is 5.75 Å². The molecule has 104 valence electrons. The first-order chi connectivity index (χ1) is 9.67. The van der Waals surface area contributed by atoms with Crippen LogP contribution in [0.4, 0.5) is 0 Å². The van der Waals surface area contributed by atoms with E-state index in [4.69, 9.17) is 14.2 Å². The van der Waals surface area contributed by atoms with E-state index in [1.165, 1.54) is 7.11 Å². The highest BCUT2D eigenvalue weighted by atomic mass is 79.9. The molecule has 3 rings (SSSR count). The van der Waals surface area contributed by atoms with E-state index in [2.05, 4.69) is 20.9 Å². The predicted octanol–water partition coefficient (Wildman–Crippen LogP) is 2.56. The van der Waals surface area contributed by atoms with Crippen LogP contribution in [0.15, 0.2) is 28.7 Å². The molecule has 1 aromatic carbocycles. The van der Waals surface area contributed by atoms with E-state index in [1.54, 1.807) is 6.07 Å². The van der Waals surface area contributed by atoms with Crippen LogP contribution in [0.3, 0.4) is 0 Å². The number of hydrogen-bond donors (Lipinski definition) is 0. The van der Waals surface area contributed by atoms with Gasteiger partial charge < -0.3 is 14.2 Å². The second-order valence-electron chi connectivity index (χ2n) is 4.44. The fraction of sp³-hybridized carbons (Fsp3) is 0.286. The van der Waals surface area contributed by atoms with Gasteiger partial charge in [0.2, 0.25) is 0 Å². The van der Waals surface area contributed by atoms with Gasteiger partial charge in [-0.15, -0.1) is 0 Å². The highest BCUT2D eigenvalue weighted by Gasteiger charge is 2.22. The van der Waals surface area contributed by atoms with Crippen molar-refractivity contribution in [3.63, 3.8) is 0 Å². The van der Waals surface area contributed by atoms with Crippen LogP contribution in [0.25, 0.3) is 10.9 Å². The van der Waals surface area contributed by atoms with Crippen LogP contribution in [-0.4, -0.2) is 37.4 Å². The number of fused-ring (bicyclic) bond motifs is 1. The third-order valence-electron chi connectivity index (χ3n) is 3.03. The van der Waals surface area contributed by atoms with Crippen molar-refractivity contribution in [1.29, 1.82) is 0 Å². The van der Waals surface area contributed by atoms with Gasteiger partial charge in [0.15, 0.2) is 5.69 Å². The number of rotatable bonds is 3. The molecular formula is C14H12BrNO4. The zero-order valence-electron chi connectivity index (χ0n) is 10.8. The van der Waals surface area contributed by atoms with Gasteiger partial charge in [0.05, 0.1) is 25.8 Å². The molecule has 0 saturated carbocycles. The molecule has 1 fully saturated rings. The van der Waals surface area contributed by atoms with E-state index in [0.717, 1.165) is 9.86 Å². The highest BCUT2D eigenvalue weighted by molar-refractivity contribution is 9.10. The molecule has 0 atom stereocenters. The van der Waals surface area contributed by atoms with Crippen molar-refractivity contribution >= 4 is 32.8 Å². The first-order valence-corrected chi connectivity index (χ1v) is 6.89. The average molecular weight is 338 g/mol. The summed E-state index contributed by atoms with van der Waals surface area (Å²) in [6, 6.07) is 7.22. The standard InChI is InChI=1S/C14H12BrNO4/c1-18-14(17)12-5-13(20-9-6-19-7-9)10-4-8(15)2-3-11(10)16-12/h2-5,9H,6-7H2,1H3. The third-order valence-corrected chi connectivity index (χ3v) is 3.52. The minimum absolute atomic E-state index is 0.0186. The van der Waals surface area contributed by atoms with Crippen molar-refractivity contribution in [2.24, 2.45) is 0 Å². The Morgan fingerprint density at radius 3 is 2.85 bits per heavy atom. The van der Waals surface area contributed by atoms with Gasteiger partial charge in [0.1, 0.15) is 11.9 Å². The van der Waals surface area contributed by atoms with Crippen LogP contribution >= 0.6 is 15.9 Å². The number of carbonyl (C=O) groups is 1. The number of aromatic nitrogens is 1. The van der Waals surface area contributed by atoms with Crippen LogP contribution < -0.4 is 4.74 Å². The van der Waals surface area contributed by atoms with Crippen LogP contribution in [-0.2, 0) is 9.47 Å². The molecule has 0 N–H and O–H groups in total. The molecule has 0 radical (unpaired) electrons. The Kier molecular flexibility index (Phi) is 3.58. The molecule has 0 amide bonds. The Morgan fingerprint density at radius 2 is 2.20 bits per heavy atom. The lowest BCUT2D eigenvalue weighted by Crippen LogP contribution is -2.38. The second kappa shape index (κ2) is 5.38. The maximum absolute atomic E-state index is 11.7. The van der Waals surface area contributed by atoms with Gasteiger partial charge in [-0.1, -0.05) is 15.9 Å². The number of ether oxygens (including phenoxy) is 3. The summed E-state index contributed by atoms with van der Waals surface area (Å²) >= 11 is 3.43. The molecule has 1 aliphatic rings. The minimum Gasteiger partial charge on any atom is -0.485 e. The molecule has 2 aromatic rings. The molecule has 0 aliphatic carbocycles. The normalized spacial score (nSPS) is 14.9. The maximum atomic E-state index is 11.7. The highest BCUT2D eigenvalue weighted by Crippen LogP contribution is 2.30. The predicted molar refractivity (Wildman–Crippen MR) is 76.0 cm³/mol. The molecular weight excluding hydrogens is 326 g/mol. The van der Waals surface area contributed by atoms with Crippen LogP contribution in [0.2, 0.25) is 0 Å². The van der Waals surface area contributed by atoms with Crippen molar-refractivity contribution in [2.75, 3.05) is 20.3 Å². The molecule has 5 nitrogen and oxygen atoms in total. The van der Waals surface area contributed by atoms with Gasteiger partial charge in [0.25, 0.3) is 0 Å². The van der Waals surface area contributed by atoms with Gasteiger partial charge in [-0.05, 0) is 18.2 Å². The number of esters is 1. The Balaban J connectivity index is 2.10. The summed E-state index contributed by atoms with van der Waals surface area (Å²) in [5.41, 5.74) is 0.920. The van der Waals surface area contributed by atoms with Crippen molar-refractivity contribution in [1.82, 2.24) is 4.98 Å². The SMILES string of the molecule is COC(=O)c1cc(OC2COC2)c2cc(Br)ccc2n1. The topological polar surface area (TPSA) is 57.7 Å². The van der Waals surface area contributed by atoms with E-state index in [-0.39, 0.29) is 11.8 Å². The minimum atomic E-state index is -0.482. The molecule has 20 heavy (non-hydrogen) atoms. The molecule has 0 spiro atoms. The van der Waals surface area contributed by atoms with Crippen molar-refractivity contribution in [2.45, 2.75) is 6.10 Å². The largest absolute Gasteiger partial charge is 0.485 e. The monoisotopic (exact) mass is 337 g/mol. The summed E-state index contributed by atoms with van der Waals surface area (Å²) in [5.74, 6) is 0.134. The molecule has 1 aromatic heterocycles. The Bertz CT molecular complexity index is 670. The third kappa shape index (κ3) is 2.48. The summed E-state index contributed by atoms with van der Waals surface area (Å²) in [7, 11) is 1.33. The van der Waals surface area contributed by atoms with Gasteiger partial charge in [-0.3, -0.25) is 0 Å². The van der Waals surface area contributed by atoms with E-state index < -0.39 is 5.97 Å². The molecule has 6 heteroatoms. The van der Waals surface area contributed by atoms with E-state index in [0.29, 0.717) is 24.5 Å². The zero-order chi connectivity index (χ0) is 14.1. The molecule has 2 heterocycles. The van der Waals surface area contributed by atoms with E-state index in [1.807, 2.05) is 18.2 Å². The lowest BCUT2D eigenvalue weighted by atomic mass is 10.1. The number of halogens is 1. The summed E-state index contributed by atoms with van der Waals surface area (Å²) in [4.78, 5) is 16.0. The fourth-order valence-electron chi connectivity index (χ4n) is 1.94. The summed E-state index contributed by atoms with van der Waals surface area (Å²) in [6.45, 7) is 1.12. The first kappa shape index (κ1) is 13.3.